The van der Waals surface area contributed by atoms with Crippen molar-refractivity contribution >= 4 is 29.2 Å². The monoisotopic (exact) mass is 456 g/mol. The van der Waals surface area contributed by atoms with E-state index in [1.807, 2.05) is 58.3 Å². The maximum Gasteiger partial charge on any atom is 0.317 e. The molecule has 0 atom stereocenters. The van der Waals surface area contributed by atoms with Gasteiger partial charge in [-0.1, -0.05) is 35.9 Å². The molecule has 0 spiro atoms. The number of ether oxygens (including phenoxy) is 1. The van der Waals surface area contributed by atoms with Crippen LogP contribution in [0.25, 0.3) is 0 Å². The minimum absolute atomic E-state index is 0.0559. The normalized spacial score (nSPS) is 17.0. The van der Waals surface area contributed by atoms with E-state index >= 15 is 0 Å². The van der Waals surface area contributed by atoms with Gasteiger partial charge in [0, 0.05) is 57.9 Å². The van der Waals surface area contributed by atoms with Gasteiger partial charge in [0.15, 0.2) is 0 Å². The van der Waals surface area contributed by atoms with Gasteiger partial charge in [0.1, 0.15) is 12.4 Å². The van der Waals surface area contributed by atoms with Crippen molar-refractivity contribution in [2.24, 2.45) is 0 Å². The molecular formula is C24H29ClN4O3. The Morgan fingerprint density at radius 3 is 2.59 bits per heavy atom. The van der Waals surface area contributed by atoms with Gasteiger partial charge in [-0.2, -0.15) is 0 Å². The summed E-state index contributed by atoms with van der Waals surface area (Å²) in [6.45, 7) is 5.55. The molecule has 0 aromatic heterocycles. The van der Waals surface area contributed by atoms with E-state index in [-0.39, 0.29) is 11.9 Å². The Bertz CT molecular complexity index is 946. The van der Waals surface area contributed by atoms with E-state index in [0.717, 1.165) is 43.9 Å². The van der Waals surface area contributed by atoms with Gasteiger partial charge in [0.05, 0.1) is 5.02 Å². The molecule has 2 fully saturated rings. The molecule has 2 aliphatic rings. The molecule has 0 bridgehead atoms. The Labute approximate surface area is 193 Å². The minimum atomic E-state index is -0.0559. The maximum atomic E-state index is 12.6. The lowest BCUT2D eigenvalue weighted by molar-refractivity contribution is -0.117. The molecule has 170 valence electrons. The first-order valence-electron chi connectivity index (χ1n) is 11.1. The van der Waals surface area contributed by atoms with Crippen molar-refractivity contribution in [3.63, 3.8) is 0 Å². The maximum absolute atomic E-state index is 12.6. The number of anilines is 1. The highest BCUT2D eigenvalue weighted by molar-refractivity contribution is 6.32. The Balaban J connectivity index is 1.18. The standard InChI is InChI=1S/C24H29ClN4O3/c25-21-7-1-2-8-22(21)32-16-15-27-11-13-28(14-12-27)24(31)26-18-19-5-3-6-20(17-19)29-10-4-9-23(29)30/h1-3,5-8,17H,4,9-16,18H2,(H,26,31). The number of nitrogens with one attached hydrogen (secondary N) is 1. The minimum Gasteiger partial charge on any atom is -0.491 e. The molecule has 0 saturated carbocycles. The van der Waals surface area contributed by atoms with Crippen molar-refractivity contribution in [3.05, 3.63) is 59.1 Å². The summed E-state index contributed by atoms with van der Waals surface area (Å²) in [7, 11) is 0. The SMILES string of the molecule is O=C(NCc1cccc(N2CCCC2=O)c1)N1CCN(CCOc2ccccc2Cl)CC1. The van der Waals surface area contributed by atoms with Gasteiger partial charge in [-0.25, -0.2) is 4.79 Å². The van der Waals surface area contributed by atoms with Crippen LogP contribution < -0.4 is 15.0 Å². The number of hydrogen-bond acceptors (Lipinski definition) is 4. The van der Waals surface area contributed by atoms with Crippen LogP contribution in [-0.4, -0.2) is 67.6 Å². The van der Waals surface area contributed by atoms with Crippen molar-refractivity contribution in [1.82, 2.24) is 15.1 Å². The molecule has 2 aromatic carbocycles. The molecule has 2 aromatic rings. The van der Waals surface area contributed by atoms with E-state index in [1.165, 1.54) is 0 Å². The summed E-state index contributed by atoms with van der Waals surface area (Å²) in [5.74, 6) is 0.867. The highest BCUT2D eigenvalue weighted by Gasteiger charge is 2.23. The third-order valence-corrected chi connectivity index (χ3v) is 6.21. The fourth-order valence-corrected chi connectivity index (χ4v) is 4.26. The number of nitrogens with zero attached hydrogens (tertiary/aromatic N) is 3. The average Bonchev–Trinajstić information content (AvgIpc) is 3.25. The van der Waals surface area contributed by atoms with Crippen LogP contribution in [0.2, 0.25) is 5.02 Å². The van der Waals surface area contributed by atoms with E-state index in [4.69, 9.17) is 16.3 Å². The van der Waals surface area contributed by atoms with Crippen LogP contribution in [-0.2, 0) is 11.3 Å². The van der Waals surface area contributed by atoms with Gasteiger partial charge in [-0.3, -0.25) is 9.69 Å². The number of hydrogen-bond donors (Lipinski definition) is 1. The summed E-state index contributed by atoms with van der Waals surface area (Å²) < 4.78 is 5.76. The van der Waals surface area contributed by atoms with Crippen molar-refractivity contribution in [2.45, 2.75) is 19.4 Å². The average molecular weight is 457 g/mol. The van der Waals surface area contributed by atoms with Crippen molar-refractivity contribution < 1.29 is 14.3 Å². The van der Waals surface area contributed by atoms with Gasteiger partial charge in [0.2, 0.25) is 5.91 Å². The van der Waals surface area contributed by atoms with Gasteiger partial charge in [-0.05, 0) is 36.2 Å². The third-order valence-electron chi connectivity index (χ3n) is 5.90. The highest BCUT2D eigenvalue weighted by atomic mass is 35.5. The van der Waals surface area contributed by atoms with Crippen LogP contribution in [0.3, 0.4) is 0 Å². The van der Waals surface area contributed by atoms with Crippen LogP contribution in [0.5, 0.6) is 5.75 Å². The van der Waals surface area contributed by atoms with Crippen molar-refractivity contribution in [1.29, 1.82) is 0 Å². The molecule has 0 unspecified atom stereocenters. The Hall–Kier alpha value is -2.77. The molecule has 3 amide bonds. The molecule has 2 aliphatic heterocycles. The number of urea groups is 1. The molecule has 1 N–H and O–H groups in total. The zero-order valence-corrected chi connectivity index (χ0v) is 18.9. The smallest absolute Gasteiger partial charge is 0.317 e. The zero-order valence-electron chi connectivity index (χ0n) is 18.1. The second-order valence-electron chi connectivity index (χ2n) is 8.09. The third kappa shape index (κ3) is 5.72. The van der Waals surface area contributed by atoms with Gasteiger partial charge in [-0.15, -0.1) is 0 Å². The molecule has 4 rings (SSSR count). The van der Waals surface area contributed by atoms with E-state index in [9.17, 15) is 9.59 Å². The Kier molecular flexibility index (Phi) is 7.50. The summed E-state index contributed by atoms with van der Waals surface area (Å²) in [6, 6.07) is 15.3. The van der Waals surface area contributed by atoms with E-state index < -0.39 is 0 Å². The quantitative estimate of drug-likeness (QED) is 0.693. The predicted molar refractivity (Wildman–Crippen MR) is 125 cm³/mol. The topological polar surface area (TPSA) is 65.1 Å². The van der Waals surface area contributed by atoms with Crippen LogP contribution in [0.1, 0.15) is 18.4 Å². The van der Waals surface area contributed by atoms with Crippen LogP contribution in [0.4, 0.5) is 10.5 Å². The number of rotatable bonds is 7. The molecule has 32 heavy (non-hydrogen) atoms. The number of amides is 3. The predicted octanol–water partition coefficient (Wildman–Crippen LogP) is 3.37. The first-order valence-corrected chi connectivity index (χ1v) is 11.5. The summed E-state index contributed by atoms with van der Waals surface area (Å²) in [5.41, 5.74) is 1.90. The molecule has 2 saturated heterocycles. The van der Waals surface area contributed by atoms with Crippen LogP contribution in [0, 0.1) is 0 Å². The van der Waals surface area contributed by atoms with Gasteiger partial charge >= 0.3 is 6.03 Å². The number of carbonyl (C=O) groups is 2. The largest absolute Gasteiger partial charge is 0.491 e. The summed E-state index contributed by atoms with van der Waals surface area (Å²) in [4.78, 5) is 30.5. The van der Waals surface area contributed by atoms with E-state index in [0.29, 0.717) is 43.4 Å². The summed E-state index contributed by atoms with van der Waals surface area (Å²) in [5, 5.41) is 3.63. The first kappa shape index (κ1) is 22.4. The van der Waals surface area contributed by atoms with Crippen LogP contribution >= 0.6 is 11.6 Å². The van der Waals surface area contributed by atoms with Crippen LogP contribution in [0.15, 0.2) is 48.5 Å². The molecular weight excluding hydrogens is 428 g/mol. The van der Waals surface area contributed by atoms with Gasteiger partial charge in [0.25, 0.3) is 0 Å². The number of halogens is 1. The molecule has 2 heterocycles. The zero-order chi connectivity index (χ0) is 22.3. The number of carbonyl (C=O) groups excluding carboxylic acids is 2. The van der Waals surface area contributed by atoms with Gasteiger partial charge < -0.3 is 19.9 Å². The second-order valence-corrected chi connectivity index (χ2v) is 8.49. The first-order chi connectivity index (χ1) is 15.6. The lowest BCUT2D eigenvalue weighted by Crippen LogP contribution is -2.52. The van der Waals surface area contributed by atoms with Crippen molar-refractivity contribution in [3.8, 4) is 5.75 Å². The van der Waals surface area contributed by atoms with E-state index in [2.05, 4.69) is 10.2 Å². The number of para-hydroxylation sites is 1. The lowest BCUT2D eigenvalue weighted by atomic mass is 10.2. The lowest BCUT2D eigenvalue weighted by Gasteiger charge is -2.34. The Morgan fingerprint density at radius 1 is 1.03 bits per heavy atom. The molecule has 8 heteroatoms. The number of piperazine rings is 1. The number of benzene rings is 2. The summed E-state index contributed by atoms with van der Waals surface area (Å²) in [6.07, 6.45) is 1.51. The fraction of sp³-hybridized carbons (Fsp3) is 0.417. The van der Waals surface area contributed by atoms with Crippen molar-refractivity contribution in [2.75, 3.05) is 50.8 Å². The Morgan fingerprint density at radius 2 is 1.84 bits per heavy atom. The molecule has 0 aliphatic carbocycles. The fourth-order valence-electron chi connectivity index (χ4n) is 4.07. The second kappa shape index (κ2) is 10.7. The molecule has 0 radical (unpaired) electrons. The summed E-state index contributed by atoms with van der Waals surface area (Å²) >= 11 is 6.11. The molecule has 7 nitrogen and oxygen atoms in total. The van der Waals surface area contributed by atoms with E-state index in [1.54, 1.807) is 0 Å². The highest BCUT2D eigenvalue weighted by Crippen LogP contribution is 2.23.